The quantitative estimate of drug-likeness (QED) is 0.615. The highest BCUT2D eigenvalue weighted by Crippen LogP contribution is 2.21. The molecule has 0 aromatic carbocycles. The highest BCUT2D eigenvalue weighted by atomic mass is 79.9. The normalized spacial score (nSPS) is 15.2. The Kier molecular flexibility index (Phi) is 1.53. The van der Waals surface area contributed by atoms with Crippen molar-refractivity contribution in [1.82, 2.24) is 4.98 Å². The molecule has 11 heavy (non-hydrogen) atoms. The summed E-state index contributed by atoms with van der Waals surface area (Å²) in [5, 5.41) is 0. The number of hydrogen-bond acceptors (Lipinski definition) is 2. The molecule has 1 aromatic heterocycles. The second-order valence-corrected chi connectivity index (χ2v) is 3.38. The lowest BCUT2D eigenvalue weighted by molar-refractivity contribution is 0.0990. The van der Waals surface area contributed by atoms with Crippen LogP contribution in [0.1, 0.15) is 22.5 Å². The van der Waals surface area contributed by atoms with Gasteiger partial charge in [-0.15, -0.1) is 0 Å². The van der Waals surface area contributed by atoms with Crippen molar-refractivity contribution in [3.63, 3.8) is 0 Å². The number of hydrogen-bond donors (Lipinski definition) is 0. The van der Waals surface area contributed by atoms with Gasteiger partial charge < -0.3 is 0 Å². The molecule has 0 radical (unpaired) electrons. The zero-order chi connectivity index (χ0) is 7.84. The monoisotopic (exact) mass is 211 g/mol. The number of pyridine rings is 1. The lowest BCUT2D eigenvalue weighted by atomic mass is 10.2. The van der Waals surface area contributed by atoms with Crippen molar-refractivity contribution in [3.8, 4) is 0 Å². The summed E-state index contributed by atoms with van der Waals surface area (Å²) in [5.74, 6) is 0.168. The molecule has 0 spiro atoms. The highest BCUT2D eigenvalue weighted by molar-refractivity contribution is 9.10. The van der Waals surface area contributed by atoms with Gasteiger partial charge in [0.25, 0.3) is 0 Å². The summed E-state index contributed by atoms with van der Waals surface area (Å²) < 4.78 is 0.742. The Morgan fingerprint density at radius 1 is 1.36 bits per heavy atom. The van der Waals surface area contributed by atoms with Gasteiger partial charge in [0, 0.05) is 6.42 Å². The molecule has 1 aliphatic carbocycles. The van der Waals surface area contributed by atoms with E-state index in [0.717, 1.165) is 16.6 Å². The maximum Gasteiger partial charge on any atom is 0.181 e. The van der Waals surface area contributed by atoms with E-state index >= 15 is 0 Å². The van der Waals surface area contributed by atoms with Gasteiger partial charge in [0.15, 0.2) is 5.78 Å². The Morgan fingerprint density at radius 3 is 3.00 bits per heavy atom. The maximum absolute atomic E-state index is 11.1. The summed E-state index contributed by atoms with van der Waals surface area (Å²) >= 11 is 3.23. The fourth-order valence-electron chi connectivity index (χ4n) is 1.27. The topological polar surface area (TPSA) is 30.0 Å². The Bertz CT molecular complexity index is 322. The van der Waals surface area contributed by atoms with Crippen molar-refractivity contribution in [2.75, 3.05) is 0 Å². The van der Waals surface area contributed by atoms with Crippen molar-refractivity contribution >= 4 is 21.7 Å². The summed E-state index contributed by atoms with van der Waals surface area (Å²) in [6.45, 7) is 0. The number of rotatable bonds is 0. The number of aromatic nitrogens is 1. The van der Waals surface area contributed by atoms with Crippen LogP contribution < -0.4 is 0 Å². The van der Waals surface area contributed by atoms with Gasteiger partial charge in [-0.2, -0.15) is 0 Å². The number of carbonyl (C=O) groups excluding carboxylic acids is 1. The highest BCUT2D eigenvalue weighted by Gasteiger charge is 2.20. The summed E-state index contributed by atoms with van der Waals surface area (Å²) in [6.07, 6.45) is 1.48. The molecule has 0 saturated carbocycles. The summed E-state index contributed by atoms with van der Waals surface area (Å²) in [7, 11) is 0. The largest absolute Gasteiger partial charge is 0.292 e. The summed E-state index contributed by atoms with van der Waals surface area (Å²) in [4.78, 5) is 15.2. The van der Waals surface area contributed by atoms with E-state index in [4.69, 9.17) is 0 Å². The van der Waals surface area contributed by atoms with Crippen LogP contribution in [0.3, 0.4) is 0 Å². The molecule has 0 atom stereocenters. The SMILES string of the molecule is O=C1CCc2ccc(Br)nc21. The summed E-state index contributed by atoms with van der Waals surface area (Å²) in [6, 6.07) is 3.83. The number of Topliss-reactive ketones (excluding diaryl/α,β-unsaturated/α-hetero) is 1. The van der Waals surface area contributed by atoms with E-state index in [1.807, 2.05) is 12.1 Å². The Morgan fingerprint density at radius 2 is 2.18 bits per heavy atom. The minimum Gasteiger partial charge on any atom is -0.292 e. The first kappa shape index (κ1) is 6.98. The van der Waals surface area contributed by atoms with E-state index in [9.17, 15) is 4.79 Å². The number of aryl methyl sites for hydroxylation is 1. The minimum absolute atomic E-state index is 0.168. The van der Waals surface area contributed by atoms with Gasteiger partial charge in [-0.05, 0) is 34.0 Å². The smallest absolute Gasteiger partial charge is 0.181 e. The third kappa shape index (κ3) is 1.09. The van der Waals surface area contributed by atoms with Crippen LogP contribution in [-0.2, 0) is 6.42 Å². The fraction of sp³-hybridized carbons (Fsp3) is 0.250. The first-order chi connectivity index (χ1) is 5.27. The van der Waals surface area contributed by atoms with Crippen molar-refractivity contribution in [1.29, 1.82) is 0 Å². The van der Waals surface area contributed by atoms with Crippen LogP contribution in [0.4, 0.5) is 0 Å². The molecule has 1 aliphatic rings. The molecule has 0 aliphatic heterocycles. The van der Waals surface area contributed by atoms with Crippen molar-refractivity contribution < 1.29 is 4.79 Å². The fourth-order valence-corrected chi connectivity index (χ4v) is 1.58. The van der Waals surface area contributed by atoms with E-state index in [2.05, 4.69) is 20.9 Å². The molecule has 0 saturated heterocycles. The van der Waals surface area contributed by atoms with Crippen molar-refractivity contribution in [2.24, 2.45) is 0 Å². The first-order valence-electron chi connectivity index (χ1n) is 3.46. The molecule has 2 nitrogen and oxygen atoms in total. The predicted molar refractivity (Wildman–Crippen MR) is 44.6 cm³/mol. The maximum atomic E-state index is 11.1. The van der Waals surface area contributed by atoms with Crippen molar-refractivity contribution in [2.45, 2.75) is 12.8 Å². The minimum atomic E-state index is 0.168. The Hall–Kier alpha value is -0.700. The zero-order valence-electron chi connectivity index (χ0n) is 5.80. The lowest BCUT2D eigenvalue weighted by Crippen LogP contribution is -1.95. The molecule has 2 rings (SSSR count). The van der Waals surface area contributed by atoms with E-state index in [1.54, 1.807) is 0 Å². The van der Waals surface area contributed by atoms with E-state index < -0.39 is 0 Å². The molecule has 0 N–H and O–H groups in total. The third-order valence-corrected chi connectivity index (χ3v) is 2.27. The van der Waals surface area contributed by atoms with Crippen molar-refractivity contribution in [3.05, 3.63) is 28.0 Å². The van der Waals surface area contributed by atoms with Crippen LogP contribution in [0.2, 0.25) is 0 Å². The Labute approximate surface area is 72.8 Å². The second kappa shape index (κ2) is 2.41. The lowest BCUT2D eigenvalue weighted by Gasteiger charge is -1.94. The molecule has 0 unspecified atom stereocenters. The molecular weight excluding hydrogens is 206 g/mol. The molecule has 0 bridgehead atoms. The molecule has 0 amide bonds. The van der Waals surface area contributed by atoms with Gasteiger partial charge in [-0.1, -0.05) is 6.07 Å². The predicted octanol–water partition coefficient (Wildman–Crippen LogP) is 1.97. The first-order valence-corrected chi connectivity index (χ1v) is 4.25. The van der Waals surface area contributed by atoms with Crippen LogP contribution in [0.15, 0.2) is 16.7 Å². The molecule has 0 fully saturated rings. The number of ketones is 1. The van der Waals surface area contributed by atoms with Crippen LogP contribution in [0.25, 0.3) is 0 Å². The van der Waals surface area contributed by atoms with E-state index in [-0.39, 0.29) is 5.78 Å². The molecule has 1 aromatic rings. The van der Waals surface area contributed by atoms with Crippen LogP contribution in [0, 0.1) is 0 Å². The number of fused-ring (bicyclic) bond motifs is 1. The molecule has 1 heterocycles. The average Bonchev–Trinajstić information content (AvgIpc) is 2.33. The van der Waals surface area contributed by atoms with Gasteiger partial charge in [0.05, 0.1) is 0 Å². The van der Waals surface area contributed by atoms with Gasteiger partial charge in [-0.25, -0.2) is 4.98 Å². The average molecular weight is 212 g/mol. The zero-order valence-corrected chi connectivity index (χ0v) is 7.39. The number of carbonyl (C=O) groups is 1. The molecule has 56 valence electrons. The standard InChI is InChI=1S/C8H6BrNO/c9-7-4-2-5-1-3-6(11)8(5)10-7/h2,4H,1,3H2. The van der Waals surface area contributed by atoms with Gasteiger partial charge in [-0.3, -0.25) is 4.79 Å². The van der Waals surface area contributed by atoms with Gasteiger partial charge >= 0.3 is 0 Å². The third-order valence-electron chi connectivity index (χ3n) is 1.83. The molecular formula is C8H6BrNO. The number of nitrogens with zero attached hydrogens (tertiary/aromatic N) is 1. The van der Waals surface area contributed by atoms with Crippen LogP contribution in [-0.4, -0.2) is 10.8 Å². The van der Waals surface area contributed by atoms with Gasteiger partial charge in [0.2, 0.25) is 0 Å². The van der Waals surface area contributed by atoms with Crippen LogP contribution >= 0.6 is 15.9 Å². The van der Waals surface area contributed by atoms with Crippen LogP contribution in [0.5, 0.6) is 0 Å². The van der Waals surface area contributed by atoms with E-state index in [1.165, 1.54) is 0 Å². The molecule has 3 heteroatoms. The second-order valence-electron chi connectivity index (χ2n) is 2.56. The van der Waals surface area contributed by atoms with Gasteiger partial charge in [0.1, 0.15) is 10.3 Å². The number of halogens is 1. The Balaban J connectivity index is 2.60. The summed E-state index contributed by atoms with van der Waals surface area (Å²) in [5.41, 5.74) is 1.73. The van der Waals surface area contributed by atoms with E-state index in [0.29, 0.717) is 12.1 Å².